The van der Waals surface area contributed by atoms with Crippen LogP contribution in [0, 0.1) is 6.92 Å². The van der Waals surface area contributed by atoms with Gasteiger partial charge in [0.05, 0.1) is 13.5 Å². The molecule has 0 aliphatic heterocycles. The van der Waals surface area contributed by atoms with E-state index in [4.69, 9.17) is 9.26 Å². The van der Waals surface area contributed by atoms with Crippen LogP contribution in [0.5, 0.6) is 5.88 Å². The van der Waals surface area contributed by atoms with Crippen LogP contribution in [0.15, 0.2) is 35.0 Å². The first-order chi connectivity index (χ1) is 11.6. The second-order valence-corrected chi connectivity index (χ2v) is 5.25. The molecule has 0 spiro atoms. The molecule has 2 aromatic heterocycles. The molecule has 124 valence electrons. The summed E-state index contributed by atoms with van der Waals surface area (Å²) in [6, 6.07) is 7.45. The fourth-order valence-corrected chi connectivity index (χ4v) is 2.34. The molecule has 8 heteroatoms. The highest BCUT2D eigenvalue weighted by Crippen LogP contribution is 2.21. The molecule has 0 saturated carbocycles. The van der Waals surface area contributed by atoms with E-state index in [-0.39, 0.29) is 11.8 Å². The summed E-state index contributed by atoms with van der Waals surface area (Å²) >= 11 is 0. The molecule has 0 bridgehead atoms. The molecule has 0 aliphatic carbocycles. The molecule has 3 aromatic rings. The molecular weight excluding hydrogens is 310 g/mol. The third-order valence-electron chi connectivity index (χ3n) is 3.41. The Bertz CT molecular complexity index is 868. The number of aromatic nitrogens is 4. The highest BCUT2D eigenvalue weighted by Gasteiger charge is 2.18. The van der Waals surface area contributed by atoms with Crippen molar-refractivity contribution < 1.29 is 14.1 Å². The van der Waals surface area contributed by atoms with E-state index >= 15 is 0 Å². The van der Waals surface area contributed by atoms with Crippen LogP contribution in [0.2, 0.25) is 0 Å². The Kier molecular flexibility index (Phi) is 4.28. The molecule has 0 unspecified atom stereocenters. The minimum Gasteiger partial charge on any atom is -0.479 e. The number of aryl methyl sites for hydroxylation is 2. The largest absolute Gasteiger partial charge is 0.479 e. The molecule has 0 fully saturated rings. The fourth-order valence-electron chi connectivity index (χ4n) is 2.34. The minimum absolute atomic E-state index is 0.278. The normalized spacial score (nSPS) is 10.6. The van der Waals surface area contributed by atoms with Crippen LogP contribution in [-0.2, 0) is 13.5 Å². The summed E-state index contributed by atoms with van der Waals surface area (Å²) in [5.41, 5.74) is 1.91. The number of rotatable bonds is 5. The summed E-state index contributed by atoms with van der Waals surface area (Å²) in [4.78, 5) is 16.7. The number of nitrogens with zero attached hydrogens (tertiary/aromatic N) is 4. The first-order valence-corrected chi connectivity index (χ1v) is 7.33. The molecule has 24 heavy (non-hydrogen) atoms. The smallest absolute Gasteiger partial charge is 0.262 e. The van der Waals surface area contributed by atoms with Gasteiger partial charge in [0.2, 0.25) is 11.8 Å². The molecule has 8 nitrogen and oxygen atoms in total. The van der Waals surface area contributed by atoms with Crippen LogP contribution in [0.3, 0.4) is 0 Å². The van der Waals surface area contributed by atoms with Gasteiger partial charge in [-0.15, -0.1) is 5.10 Å². The third-order valence-corrected chi connectivity index (χ3v) is 3.41. The summed E-state index contributed by atoms with van der Waals surface area (Å²) in [6.07, 6.45) is 2.04. The number of carbonyl (C=O) groups is 1. The standard InChI is InChI=1S/C16H17N5O3/c1-10-17-14(24-20-10)8-11-6-4-5-7-13(11)18-15(22)12-9-21(2)19-16(12)23-3/h4-7,9H,8H2,1-3H3,(H,18,22). The lowest BCUT2D eigenvalue weighted by molar-refractivity contribution is 0.102. The van der Waals surface area contributed by atoms with E-state index in [2.05, 4.69) is 20.6 Å². The lowest BCUT2D eigenvalue weighted by Gasteiger charge is -2.09. The quantitative estimate of drug-likeness (QED) is 0.770. The van der Waals surface area contributed by atoms with E-state index < -0.39 is 0 Å². The Balaban J connectivity index is 1.83. The zero-order chi connectivity index (χ0) is 17.1. The number of methoxy groups -OCH3 is 1. The number of ether oxygens (including phenoxy) is 1. The predicted molar refractivity (Wildman–Crippen MR) is 86.0 cm³/mol. The van der Waals surface area contributed by atoms with Crippen LogP contribution in [-0.4, -0.2) is 32.9 Å². The van der Waals surface area contributed by atoms with Gasteiger partial charge in [0, 0.05) is 18.9 Å². The van der Waals surface area contributed by atoms with Crippen LogP contribution >= 0.6 is 0 Å². The van der Waals surface area contributed by atoms with Gasteiger partial charge in [-0.3, -0.25) is 9.48 Å². The molecule has 0 radical (unpaired) electrons. The first kappa shape index (κ1) is 15.7. The molecule has 1 aromatic carbocycles. The van der Waals surface area contributed by atoms with Crippen molar-refractivity contribution in [2.45, 2.75) is 13.3 Å². The zero-order valence-electron chi connectivity index (χ0n) is 13.6. The van der Waals surface area contributed by atoms with Crippen molar-refractivity contribution in [2.24, 2.45) is 7.05 Å². The van der Waals surface area contributed by atoms with Gasteiger partial charge in [0.1, 0.15) is 5.56 Å². The molecule has 0 saturated heterocycles. The summed E-state index contributed by atoms with van der Waals surface area (Å²) < 4.78 is 11.8. The van der Waals surface area contributed by atoms with Crippen molar-refractivity contribution >= 4 is 11.6 Å². The molecule has 1 N–H and O–H groups in total. The van der Waals surface area contributed by atoms with Crippen molar-refractivity contribution in [3.05, 3.63) is 53.3 Å². The van der Waals surface area contributed by atoms with Crippen molar-refractivity contribution in [1.82, 2.24) is 19.9 Å². The van der Waals surface area contributed by atoms with Crippen LogP contribution in [0.1, 0.15) is 27.6 Å². The SMILES string of the molecule is COc1nn(C)cc1C(=O)Nc1ccccc1Cc1nc(C)no1. The monoisotopic (exact) mass is 327 g/mol. The highest BCUT2D eigenvalue weighted by atomic mass is 16.5. The fraction of sp³-hybridized carbons (Fsp3) is 0.250. The average molecular weight is 327 g/mol. The van der Waals surface area contributed by atoms with Crippen LogP contribution < -0.4 is 10.1 Å². The number of hydrogen-bond acceptors (Lipinski definition) is 6. The molecule has 3 rings (SSSR count). The average Bonchev–Trinajstić information content (AvgIpc) is 3.14. The molecule has 0 aliphatic rings. The number of para-hydroxylation sites is 1. The molecular formula is C16H17N5O3. The molecule has 1 amide bonds. The Labute approximate surface area is 138 Å². The summed E-state index contributed by atoms with van der Waals surface area (Å²) in [5, 5.41) is 10.7. The second-order valence-electron chi connectivity index (χ2n) is 5.25. The van der Waals surface area contributed by atoms with E-state index in [9.17, 15) is 4.79 Å². The van der Waals surface area contributed by atoms with Crippen molar-refractivity contribution in [2.75, 3.05) is 12.4 Å². The van der Waals surface area contributed by atoms with E-state index in [1.54, 1.807) is 20.2 Å². The van der Waals surface area contributed by atoms with Crippen LogP contribution in [0.4, 0.5) is 5.69 Å². The molecule has 2 heterocycles. The van der Waals surface area contributed by atoms with Crippen molar-refractivity contribution in [3.8, 4) is 5.88 Å². The second kappa shape index (κ2) is 6.53. The third kappa shape index (κ3) is 3.27. The topological polar surface area (TPSA) is 95.1 Å². The van der Waals surface area contributed by atoms with E-state index in [1.807, 2.05) is 24.3 Å². The minimum atomic E-state index is -0.297. The summed E-state index contributed by atoms with van der Waals surface area (Å²) in [7, 11) is 3.20. The van der Waals surface area contributed by atoms with Crippen molar-refractivity contribution in [1.29, 1.82) is 0 Å². The van der Waals surface area contributed by atoms with Crippen molar-refractivity contribution in [3.63, 3.8) is 0 Å². The number of anilines is 1. The first-order valence-electron chi connectivity index (χ1n) is 7.33. The van der Waals surface area contributed by atoms with E-state index in [0.29, 0.717) is 29.4 Å². The van der Waals surface area contributed by atoms with E-state index in [0.717, 1.165) is 5.56 Å². The van der Waals surface area contributed by atoms with Gasteiger partial charge in [-0.05, 0) is 18.6 Å². The van der Waals surface area contributed by atoms with Crippen LogP contribution in [0.25, 0.3) is 0 Å². The van der Waals surface area contributed by atoms with Gasteiger partial charge in [-0.25, -0.2) is 0 Å². The number of carbonyl (C=O) groups excluding carboxylic acids is 1. The number of nitrogens with one attached hydrogen (secondary N) is 1. The van der Waals surface area contributed by atoms with E-state index in [1.165, 1.54) is 11.8 Å². The zero-order valence-corrected chi connectivity index (χ0v) is 13.6. The molecule has 0 atom stereocenters. The predicted octanol–water partition coefficient (Wildman–Crippen LogP) is 1.96. The van der Waals surface area contributed by atoms with Gasteiger partial charge < -0.3 is 14.6 Å². The summed E-state index contributed by atoms with van der Waals surface area (Å²) in [6.45, 7) is 1.76. The van der Waals surface area contributed by atoms with Gasteiger partial charge in [0.15, 0.2) is 5.82 Å². The number of amides is 1. The lowest BCUT2D eigenvalue weighted by atomic mass is 10.1. The maximum atomic E-state index is 12.5. The highest BCUT2D eigenvalue weighted by molar-refractivity contribution is 6.06. The maximum Gasteiger partial charge on any atom is 0.262 e. The number of benzene rings is 1. The van der Waals surface area contributed by atoms with Gasteiger partial charge in [-0.2, -0.15) is 4.98 Å². The van der Waals surface area contributed by atoms with Gasteiger partial charge in [0.25, 0.3) is 5.91 Å². The Morgan fingerprint density at radius 3 is 2.88 bits per heavy atom. The number of hydrogen-bond donors (Lipinski definition) is 1. The van der Waals surface area contributed by atoms with Gasteiger partial charge in [-0.1, -0.05) is 23.4 Å². The lowest BCUT2D eigenvalue weighted by Crippen LogP contribution is -2.13. The Hall–Kier alpha value is -3.16. The summed E-state index contributed by atoms with van der Waals surface area (Å²) in [5.74, 6) is 1.05. The maximum absolute atomic E-state index is 12.5. The Morgan fingerprint density at radius 2 is 2.17 bits per heavy atom. The van der Waals surface area contributed by atoms with Gasteiger partial charge >= 0.3 is 0 Å². The Morgan fingerprint density at radius 1 is 1.38 bits per heavy atom.